The zero-order valence-electron chi connectivity index (χ0n) is 16.1. The number of allylic oxidation sites excluding steroid dienone is 1. The van der Waals surface area contributed by atoms with Gasteiger partial charge in [0.05, 0.1) is 37.0 Å². The van der Waals surface area contributed by atoms with Crippen LogP contribution in [0.25, 0.3) is 0 Å². The molecule has 8 heteroatoms. The van der Waals surface area contributed by atoms with Crippen LogP contribution in [0.2, 0.25) is 5.02 Å². The van der Waals surface area contributed by atoms with E-state index in [1.807, 2.05) is 20.8 Å². The smallest absolute Gasteiger partial charge is 0.338 e. The Morgan fingerprint density at radius 1 is 1.33 bits per heavy atom. The van der Waals surface area contributed by atoms with E-state index in [1.54, 1.807) is 19.1 Å². The van der Waals surface area contributed by atoms with Crippen molar-refractivity contribution in [3.8, 4) is 11.5 Å². The maximum absolute atomic E-state index is 12.7. The number of hydrogen-bond acceptors (Lipinski definition) is 5. The van der Waals surface area contributed by atoms with E-state index in [0.29, 0.717) is 40.0 Å². The lowest BCUT2D eigenvalue weighted by Crippen LogP contribution is -2.45. The molecular formula is C19H25ClN2O5. The van der Waals surface area contributed by atoms with Crippen molar-refractivity contribution >= 4 is 23.6 Å². The van der Waals surface area contributed by atoms with Crippen LogP contribution in [0.1, 0.15) is 39.3 Å². The summed E-state index contributed by atoms with van der Waals surface area (Å²) < 4.78 is 16.3. The molecular weight excluding hydrogens is 372 g/mol. The van der Waals surface area contributed by atoms with Crippen LogP contribution in [-0.4, -0.2) is 32.3 Å². The molecule has 0 radical (unpaired) electrons. The highest BCUT2D eigenvalue weighted by atomic mass is 35.5. The second kappa shape index (κ2) is 8.99. The molecule has 1 aliphatic rings. The number of rotatable bonds is 7. The highest BCUT2D eigenvalue weighted by molar-refractivity contribution is 6.32. The Hall–Kier alpha value is -2.41. The maximum Gasteiger partial charge on any atom is 0.338 e. The van der Waals surface area contributed by atoms with Crippen molar-refractivity contribution in [3.63, 3.8) is 0 Å². The summed E-state index contributed by atoms with van der Waals surface area (Å²) in [5.41, 5.74) is 1.34. The van der Waals surface area contributed by atoms with Crippen LogP contribution in [-0.2, 0) is 9.53 Å². The lowest BCUT2D eigenvalue weighted by Gasteiger charge is -2.29. The highest BCUT2D eigenvalue weighted by Crippen LogP contribution is 2.40. The molecule has 1 aliphatic heterocycles. The van der Waals surface area contributed by atoms with E-state index in [-0.39, 0.29) is 12.5 Å². The monoisotopic (exact) mass is 396 g/mol. The van der Waals surface area contributed by atoms with Gasteiger partial charge in [0, 0.05) is 5.70 Å². The summed E-state index contributed by atoms with van der Waals surface area (Å²) >= 11 is 6.33. The normalized spacial score (nSPS) is 16.7. The largest absolute Gasteiger partial charge is 0.491 e. The lowest BCUT2D eigenvalue weighted by molar-refractivity contribution is -0.140. The first kappa shape index (κ1) is 20.9. The van der Waals surface area contributed by atoms with Gasteiger partial charge in [-0.3, -0.25) is 0 Å². The maximum atomic E-state index is 12.7. The van der Waals surface area contributed by atoms with Gasteiger partial charge in [0.1, 0.15) is 0 Å². The second-order valence-electron chi connectivity index (χ2n) is 6.53. The van der Waals surface area contributed by atoms with Crippen LogP contribution >= 0.6 is 11.6 Å². The zero-order valence-corrected chi connectivity index (χ0v) is 16.9. The molecule has 0 aromatic heterocycles. The number of methoxy groups -OCH3 is 1. The summed E-state index contributed by atoms with van der Waals surface area (Å²) in [5, 5.41) is 5.68. The molecule has 27 heavy (non-hydrogen) atoms. The molecule has 1 aromatic carbocycles. The molecule has 0 bridgehead atoms. The van der Waals surface area contributed by atoms with Crippen LogP contribution in [0.15, 0.2) is 23.4 Å². The fourth-order valence-electron chi connectivity index (χ4n) is 2.75. The number of halogens is 1. The first-order valence-electron chi connectivity index (χ1n) is 8.74. The number of carbonyl (C=O) groups is 2. The molecule has 1 atom stereocenters. The summed E-state index contributed by atoms with van der Waals surface area (Å²) in [6.45, 7) is 8.09. The SMILES string of the molecule is CCOc1cc(C2NC(=O)NC(C)=C2C(=O)OCC(C)C)cc(Cl)c1OC. The molecule has 0 aliphatic carbocycles. The molecule has 7 nitrogen and oxygen atoms in total. The van der Waals surface area contributed by atoms with Crippen molar-refractivity contribution in [3.05, 3.63) is 34.0 Å². The Kier molecular flexibility index (Phi) is 6.96. The van der Waals surface area contributed by atoms with Crippen molar-refractivity contribution in [2.75, 3.05) is 20.3 Å². The van der Waals surface area contributed by atoms with Crippen molar-refractivity contribution in [1.82, 2.24) is 10.6 Å². The van der Waals surface area contributed by atoms with Gasteiger partial charge in [-0.15, -0.1) is 0 Å². The Balaban J connectivity index is 2.48. The minimum absolute atomic E-state index is 0.194. The van der Waals surface area contributed by atoms with Gasteiger partial charge in [0.15, 0.2) is 11.5 Å². The van der Waals surface area contributed by atoms with Crippen LogP contribution in [0.4, 0.5) is 4.79 Å². The quantitative estimate of drug-likeness (QED) is 0.688. The molecule has 2 N–H and O–H groups in total. The first-order chi connectivity index (χ1) is 12.8. The number of hydrogen-bond donors (Lipinski definition) is 2. The molecule has 1 heterocycles. The fourth-order valence-corrected chi connectivity index (χ4v) is 3.05. The van der Waals surface area contributed by atoms with Crippen LogP contribution < -0.4 is 20.1 Å². The lowest BCUT2D eigenvalue weighted by atomic mass is 9.95. The minimum Gasteiger partial charge on any atom is -0.491 e. The predicted octanol–water partition coefficient (Wildman–Crippen LogP) is 3.57. The Morgan fingerprint density at radius 2 is 2.04 bits per heavy atom. The second-order valence-corrected chi connectivity index (χ2v) is 6.94. The average Bonchev–Trinajstić information content (AvgIpc) is 2.59. The molecule has 0 fully saturated rings. The summed E-state index contributed by atoms with van der Waals surface area (Å²) in [7, 11) is 1.49. The Bertz CT molecular complexity index is 761. The highest BCUT2D eigenvalue weighted by Gasteiger charge is 2.33. The summed E-state index contributed by atoms with van der Waals surface area (Å²) in [6.07, 6.45) is 0. The van der Waals surface area contributed by atoms with E-state index in [4.69, 9.17) is 25.8 Å². The standard InChI is InChI=1S/C19H25ClN2O5/c1-6-26-14-8-12(7-13(20)17(14)25-5)16-15(11(4)21-19(24)22-16)18(23)27-9-10(2)3/h7-8,10,16H,6,9H2,1-5H3,(H2,21,22,24). The summed E-state index contributed by atoms with van der Waals surface area (Å²) in [4.78, 5) is 24.7. The van der Waals surface area contributed by atoms with Gasteiger partial charge in [0.25, 0.3) is 0 Å². The molecule has 0 saturated carbocycles. The number of amides is 2. The third-order valence-corrected chi connectivity index (χ3v) is 4.19. The van der Waals surface area contributed by atoms with E-state index < -0.39 is 18.0 Å². The number of nitrogens with one attached hydrogen (secondary N) is 2. The molecule has 2 amide bonds. The van der Waals surface area contributed by atoms with Gasteiger partial charge in [-0.1, -0.05) is 25.4 Å². The fraction of sp³-hybridized carbons (Fsp3) is 0.474. The number of urea groups is 1. The first-order valence-corrected chi connectivity index (χ1v) is 9.11. The predicted molar refractivity (Wildman–Crippen MR) is 102 cm³/mol. The number of ether oxygens (including phenoxy) is 3. The van der Waals surface area contributed by atoms with Gasteiger partial charge < -0.3 is 24.8 Å². The van der Waals surface area contributed by atoms with Crippen molar-refractivity contribution in [2.24, 2.45) is 5.92 Å². The van der Waals surface area contributed by atoms with Crippen LogP contribution in [0, 0.1) is 5.92 Å². The summed E-state index contributed by atoms with van der Waals surface area (Å²) in [6, 6.07) is 2.21. The number of esters is 1. The van der Waals surface area contributed by atoms with Gasteiger partial charge in [-0.2, -0.15) is 0 Å². The third-order valence-electron chi connectivity index (χ3n) is 3.91. The molecule has 0 saturated heterocycles. The van der Waals surface area contributed by atoms with Crippen molar-refractivity contribution in [2.45, 2.75) is 33.7 Å². The summed E-state index contributed by atoms with van der Waals surface area (Å²) in [5.74, 6) is 0.526. The van der Waals surface area contributed by atoms with Gasteiger partial charge in [0.2, 0.25) is 0 Å². The van der Waals surface area contributed by atoms with Crippen molar-refractivity contribution in [1.29, 1.82) is 0 Å². The molecule has 2 rings (SSSR count). The third kappa shape index (κ3) is 4.86. The van der Waals surface area contributed by atoms with E-state index in [0.717, 1.165) is 0 Å². The number of benzene rings is 1. The van der Waals surface area contributed by atoms with E-state index >= 15 is 0 Å². The van der Waals surface area contributed by atoms with Crippen LogP contribution in [0.3, 0.4) is 0 Å². The van der Waals surface area contributed by atoms with Gasteiger partial charge in [-0.25, -0.2) is 9.59 Å². The number of carbonyl (C=O) groups excluding carboxylic acids is 2. The van der Waals surface area contributed by atoms with Crippen molar-refractivity contribution < 1.29 is 23.8 Å². The topological polar surface area (TPSA) is 85.9 Å². The molecule has 0 spiro atoms. The average molecular weight is 397 g/mol. The van der Waals surface area contributed by atoms with E-state index in [1.165, 1.54) is 7.11 Å². The van der Waals surface area contributed by atoms with E-state index in [9.17, 15) is 9.59 Å². The van der Waals surface area contributed by atoms with Gasteiger partial charge >= 0.3 is 12.0 Å². The zero-order chi connectivity index (χ0) is 20.1. The molecule has 1 unspecified atom stereocenters. The van der Waals surface area contributed by atoms with Gasteiger partial charge in [-0.05, 0) is 37.5 Å². The van der Waals surface area contributed by atoms with E-state index in [2.05, 4.69) is 10.6 Å². The Morgan fingerprint density at radius 3 is 2.63 bits per heavy atom. The minimum atomic E-state index is -0.721. The molecule has 148 valence electrons. The van der Waals surface area contributed by atoms with Crippen LogP contribution in [0.5, 0.6) is 11.5 Å². The Labute approximate surface area is 164 Å². The molecule has 1 aromatic rings.